The molecule has 0 spiro atoms. The number of imidazole rings is 1. The van der Waals surface area contributed by atoms with Gasteiger partial charge in [0.05, 0.1) is 18.9 Å². The number of hydrogen-bond acceptors (Lipinski definition) is 6. The second-order valence-corrected chi connectivity index (χ2v) is 5.86. The van der Waals surface area contributed by atoms with Gasteiger partial charge in [-0.1, -0.05) is 0 Å². The number of hydrogen-bond donors (Lipinski definition) is 1. The maximum Gasteiger partial charge on any atom is 0.157 e. The maximum atomic E-state index is 14.5. The first-order chi connectivity index (χ1) is 12.2. The quantitative estimate of drug-likeness (QED) is 0.787. The minimum Gasteiger partial charge on any atom is -0.495 e. The predicted octanol–water partition coefficient (Wildman–Crippen LogP) is 2.73. The minimum atomic E-state index is -0.595. The highest BCUT2D eigenvalue weighted by Crippen LogP contribution is 2.43. The molecule has 0 aromatic carbocycles. The van der Waals surface area contributed by atoms with Crippen molar-refractivity contribution in [1.82, 2.24) is 19.6 Å². The third-order valence-electron chi connectivity index (χ3n) is 4.24. The molecule has 0 unspecified atom stereocenters. The van der Waals surface area contributed by atoms with Crippen molar-refractivity contribution in [2.24, 2.45) is 0 Å². The molecule has 4 rings (SSSR count). The largest absolute Gasteiger partial charge is 0.495 e. The summed E-state index contributed by atoms with van der Waals surface area (Å²) < 4.78 is 21.5. The van der Waals surface area contributed by atoms with Crippen LogP contribution in [0.3, 0.4) is 0 Å². The molecule has 1 aliphatic rings. The summed E-state index contributed by atoms with van der Waals surface area (Å²) in [6.07, 6.45) is 3.65. The van der Waals surface area contributed by atoms with Crippen LogP contribution in [0.2, 0.25) is 0 Å². The predicted molar refractivity (Wildman–Crippen MR) is 89.0 cm³/mol. The van der Waals surface area contributed by atoms with E-state index >= 15 is 0 Å². The number of nitrogens with zero attached hydrogens (tertiary/aromatic N) is 5. The minimum absolute atomic E-state index is 0.0928. The van der Waals surface area contributed by atoms with Crippen LogP contribution >= 0.6 is 0 Å². The first-order valence-electron chi connectivity index (χ1n) is 7.87. The fourth-order valence-electron chi connectivity index (χ4n) is 2.82. The van der Waals surface area contributed by atoms with E-state index in [1.54, 1.807) is 24.7 Å². The van der Waals surface area contributed by atoms with Gasteiger partial charge in [-0.2, -0.15) is 10.4 Å². The molecule has 126 valence electrons. The highest BCUT2D eigenvalue weighted by Gasteiger charge is 2.30. The summed E-state index contributed by atoms with van der Waals surface area (Å²) >= 11 is 0. The van der Waals surface area contributed by atoms with Crippen LogP contribution in [-0.4, -0.2) is 33.7 Å². The van der Waals surface area contributed by atoms with E-state index in [1.807, 2.05) is 6.07 Å². The van der Waals surface area contributed by atoms with Gasteiger partial charge in [-0.15, -0.1) is 0 Å². The highest BCUT2D eigenvalue weighted by atomic mass is 19.1. The van der Waals surface area contributed by atoms with Gasteiger partial charge in [-0.05, 0) is 18.9 Å². The number of pyridine rings is 1. The zero-order valence-corrected chi connectivity index (χ0v) is 13.7. The number of fused-ring (bicyclic) bond motifs is 1. The summed E-state index contributed by atoms with van der Waals surface area (Å²) in [5, 5.41) is 16.5. The molecule has 0 saturated heterocycles. The van der Waals surface area contributed by atoms with Gasteiger partial charge in [0.25, 0.3) is 0 Å². The van der Waals surface area contributed by atoms with E-state index in [1.165, 1.54) is 12.3 Å². The SMILES string of the molecule is CNc1nc(-c2cnc3cc(OC)c(C4CC4)nn23)c(F)cc1C#N. The van der Waals surface area contributed by atoms with E-state index in [0.29, 0.717) is 28.8 Å². The van der Waals surface area contributed by atoms with Crippen LogP contribution in [0.25, 0.3) is 17.0 Å². The van der Waals surface area contributed by atoms with Gasteiger partial charge in [0.2, 0.25) is 0 Å². The molecule has 3 aromatic heterocycles. The Labute approximate surface area is 143 Å². The summed E-state index contributed by atoms with van der Waals surface area (Å²) in [4.78, 5) is 8.54. The molecular formula is C17H15FN6O. The molecule has 0 amide bonds. The Hall–Kier alpha value is -3.21. The van der Waals surface area contributed by atoms with Crippen LogP contribution in [0.5, 0.6) is 5.75 Å². The number of aromatic nitrogens is 4. The number of ether oxygens (including phenoxy) is 1. The molecular weight excluding hydrogens is 323 g/mol. The van der Waals surface area contributed by atoms with E-state index in [-0.39, 0.29) is 11.3 Å². The van der Waals surface area contributed by atoms with Gasteiger partial charge in [0.1, 0.15) is 34.7 Å². The van der Waals surface area contributed by atoms with Crippen molar-refractivity contribution in [3.8, 4) is 23.2 Å². The van der Waals surface area contributed by atoms with E-state index in [2.05, 4.69) is 20.4 Å². The average Bonchev–Trinajstić information content (AvgIpc) is 3.40. The van der Waals surface area contributed by atoms with Crippen molar-refractivity contribution in [3.63, 3.8) is 0 Å². The molecule has 1 fully saturated rings. The Morgan fingerprint density at radius 3 is 2.84 bits per heavy atom. The fourth-order valence-corrected chi connectivity index (χ4v) is 2.82. The molecule has 1 aliphatic carbocycles. The summed E-state index contributed by atoms with van der Waals surface area (Å²) in [6.45, 7) is 0. The van der Waals surface area contributed by atoms with Crippen LogP contribution in [0.1, 0.15) is 30.0 Å². The Balaban J connectivity index is 1.93. The third kappa shape index (κ3) is 2.45. The maximum absolute atomic E-state index is 14.5. The normalized spacial score (nSPS) is 13.7. The number of anilines is 1. The molecule has 1 saturated carbocycles. The second-order valence-electron chi connectivity index (χ2n) is 5.86. The number of nitrogens with one attached hydrogen (secondary N) is 1. The summed E-state index contributed by atoms with van der Waals surface area (Å²) in [5.41, 5.74) is 2.06. The van der Waals surface area contributed by atoms with E-state index in [9.17, 15) is 4.39 Å². The molecule has 0 bridgehead atoms. The van der Waals surface area contributed by atoms with Crippen LogP contribution in [0.4, 0.5) is 10.2 Å². The fraction of sp³-hybridized carbons (Fsp3) is 0.294. The van der Waals surface area contributed by atoms with Crippen molar-refractivity contribution in [1.29, 1.82) is 5.26 Å². The monoisotopic (exact) mass is 338 g/mol. The third-order valence-corrected chi connectivity index (χ3v) is 4.24. The first-order valence-corrected chi connectivity index (χ1v) is 7.87. The van der Waals surface area contributed by atoms with Crippen molar-refractivity contribution in [3.05, 3.63) is 35.4 Å². The van der Waals surface area contributed by atoms with Gasteiger partial charge < -0.3 is 10.1 Å². The Kier molecular flexibility index (Phi) is 3.50. The molecule has 0 aliphatic heterocycles. The van der Waals surface area contributed by atoms with Crippen LogP contribution in [0, 0.1) is 17.1 Å². The highest BCUT2D eigenvalue weighted by molar-refractivity contribution is 5.65. The van der Waals surface area contributed by atoms with Gasteiger partial charge in [0, 0.05) is 19.0 Å². The van der Waals surface area contributed by atoms with Crippen LogP contribution in [-0.2, 0) is 0 Å². The van der Waals surface area contributed by atoms with Crippen LogP contribution < -0.4 is 10.1 Å². The van der Waals surface area contributed by atoms with E-state index in [4.69, 9.17) is 10.00 Å². The lowest BCUT2D eigenvalue weighted by Crippen LogP contribution is -2.05. The standard InChI is InChI=1S/C17H15FN6O/c1-20-17-10(7-19)5-11(18)16(22-17)12-8-21-14-6-13(25-2)15(9-3-4-9)23-24(12)14/h5-6,8-9H,3-4H2,1-2H3,(H,20,22). The lowest BCUT2D eigenvalue weighted by Gasteiger charge is -2.10. The summed E-state index contributed by atoms with van der Waals surface area (Å²) in [7, 11) is 3.23. The van der Waals surface area contributed by atoms with Crippen molar-refractivity contribution >= 4 is 11.5 Å². The average molecular weight is 338 g/mol. The molecule has 25 heavy (non-hydrogen) atoms. The Bertz CT molecular complexity index is 1020. The zero-order chi connectivity index (χ0) is 17.6. The van der Waals surface area contributed by atoms with E-state index in [0.717, 1.165) is 18.5 Å². The Morgan fingerprint density at radius 1 is 1.40 bits per heavy atom. The van der Waals surface area contributed by atoms with Gasteiger partial charge in [-0.3, -0.25) is 0 Å². The van der Waals surface area contributed by atoms with Gasteiger partial charge >= 0.3 is 0 Å². The number of halogens is 1. The number of rotatable bonds is 4. The van der Waals surface area contributed by atoms with Crippen molar-refractivity contribution in [2.75, 3.05) is 19.5 Å². The topological polar surface area (TPSA) is 88.1 Å². The number of nitriles is 1. The lowest BCUT2D eigenvalue weighted by atomic mass is 10.2. The number of methoxy groups -OCH3 is 1. The molecule has 0 atom stereocenters. The van der Waals surface area contributed by atoms with Crippen molar-refractivity contribution in [2.45, 2.75) is 18.8 Å². The summed E-state index contributed by atoms with van der Waals surface area (Å²) in [5.74, 6) is 0.769. The smallest absolute Gasteiger partial charge is 0.157 e. The molecule has 7 nitrogen and oxygen atoms in total. The molecule has 1 N–H and O–H groups in total. The van der Waals surface area contributed by atoms with Gasteiger partial charge in [-0.25, -0.2) is 18.9 Å². The first kappa shape index (κ1) is 15.3. The molecule has 3 aromatic rings. The van der Waals surface area contributed by atoms with Crippen molar-refractivity contribution < 1.29 is 9.13 Å². The van der Waals surface area contributed by atoms with Gasteiger partial charge in [0.15, 0.2) is 11.5 Å². The molecule has 0 radical (unpaired) electrons. The molecule has 3 heterocycles. The Morgan fingerprint density at radius 2 is 2.20 bits per heavy atom. The lowest BCUT2D eigenvalue weighted by molar-refractivity contribution is 0.405. The zero-order valence-electron chi connectivity index (χ0n) is 13.7. The van der Waals surface area contributed by atoms with E-state index < -0.39 is 5.82 Å². The second kappa shape index (κ2) is 5.70. The summed E-state index contributed by atoms with van der Waals surface area (Å²) in [6, 6.07) is 4.89. The molecule has 8 heteroatoms. The van der Waals surface area contributed by atoms with Crippen LogP contribution in [0.15, 0.2) is 18.3 Å².